The van der Waals surface area contributed by atoms with Gasteiger partial charge in [0.25, 0.3) is 11.8 Å². The van der Waals surface area contributed by atoms with Crippen LogP contribution in [-0.4, -0.2) is 42.3 Å². The van der Waals surface area contributed by atoms with Crippen LogP contribution in [0.15, 0.2) is 48.5 Å². The van der Waals surface area contributed by atoms with Gasteiger partial charge in [-0.1, -0.05) is 24.3 Å². The fourth-order valence-corrected chi connectivity index (χ4v) is 2.71. The summed E-state index contributed by atoms with van der Waals surface area (Å²) >= 11 is 0. The van der Waals surface area contributed by atoms with Gasteiger partial charge >= 0.3 is 0 Å². The molecule has 128 valence electrons. The van der Waals surface area contributed by atoms with Crippen molar-refractivity contribution in [3.63, 3.8) is 0 Å². The molecule has 2 amide bonds. The predicted molar refractivity (Wildman–Crippen MR) is 89.9 cm³/mol. The Balaban J connectivity index is 1.94. The maximum Gasteiger partial charge on any atom is 0.270 e. The standard InChI is InChI=1S/C19H17NO5/c1-12-18(22)20(19(23)14-8-4-6-10-17(14)25-12)11-15(21)13-7-3-5-9-16(13)24-2/h3-10,12H,11H2,1-2H3. The summed E-state index contributed by atoms with van der Waals surface area (Å²) in [5, 5.41) is 0. The van der Waals surface area contributed by atoms with Crippen LogP contribution < -0.4 is 9.47 Å². The van der Waals surface area contributed by atoms with Crippen LogP contribution in [0.25, 0.3) is 0 Å². The summed E-state index contributed by atoms with van der Waals surface area (Å²) in [5.41, 5.74) is 0.574. The summed E-state index contributed by atoms with van der Waals surface area (Å²) in [6.45, 7) is 1.18. The van der Waals surface area contributed by atoms with Gasteiger partial charge in [-0.2, -0.15) is 0 Å². The van der Waals surface area contributed by atoms with E-state index >= 15 is 0 Å². The fraction of sp³-hybridized carbons (Fsp3) is 0.211. The molecule has 0 aromatic heterocycles. The minimum atomic E-state index is -0.863. The molecule has 1 aliphatic heterocycles. The molecule has 1 heterocycles. The second-order valence-corrected chi connectivity index (χ2v) is 5.61. The lowest BCUT2D eigenvalue weighted by atomic mass is 10.1. The van der Waals surface area contributed by atoms with Gasteiger partial charge in [-0.15, -0.1) is 0 Å². The molecule has 0 spiro atoms. The molecule has 1 atom stereocenters. The first-order valence-corrected chi connectivity index (χ1v) is 7.80. The molecule has 0 saturated heterocycles. The lowest BCUT2D eigenvalue weighted by Gasteiger charge is -2.20. The van der Waals surface area contributed by atoms with Gasteiger partial charge in [0.1, 0.15) is 11.5 Å². The highest BCUT2D eigenvalue weighted by Crippen LogP contribution is 2.26. The first-order chi connectivity index (χ1) is 12.0. The molecule has 0 saturated carbocycles. The zero-order valence-electron chi connectivity index (χ0n) is 13.9. The van der Waals surface area contributed by atoms with Crippen LogP contribution in [0.2, 0.25) is 0 Å². The molecule has 0 N–H and O–H groups in total. The number of hydrogen-bond acceptors (Lipinski definition) is 5. The molecule has 0 bridgehead atoms. The summed E-state index contributed by atoms with van der Waals surface area (Å²) in [6, 6.07) is 13.3. The number of rotatable bonds is 4. The number of methoxy groups -OCH3 is 1. The molecular formula is C19H17NO5. The smallest absolute Gasteiger partial charge is 0.270 e. The van der Waals surface area contributed by atoms with Crippen LogP contribution in [0.3, 0.4) is 0 Å². The van der Waals surface area contributed by atoms with E-state index in [0.717, 1.165) is 4.90 Å². The lowest BCUT2D eigenvalue weighted by molar-refractivity contribution is -0.134. The number of amides is 2. The quantitative estimate of drug-likeness (QED) is 0.631. The molecule has 1 unspecified atom stereocenters. The number of ether oxygens (including phenoxy) is 2. The fourth-order valence-electron chi connectivity index (χ4n) is 2.71. The Morgan fingerprint density at radius 3 is 2.56 bits per heavy atom. The molecule has 6 heteroatoms. The summed E-state index contributed by atoms with van der Waals surface area (Å²) in [5.74, 6) is -0.754. The van der Waals surface area contributed by atoms with Gasteiger partial charge in [0.05, 0.1) is 24.8 Å². The van der Waals surface area contributed by atoms with E-state index < -0.39 is 17.9 Å². The van der Waals surface area contributed by atoms with Crippen molar-refractivity contribution in [2.24, 2.45) is 0 Å². The Morgan fingerprint density at radius 1 is 1.12 bits per heavy atom. The first-order valence-electron chi connectivity index (χ1n) is 7.80. The molecule has 25 heavy (non-hydrogen) atoms. The van der Waals surface area contributed by atoms with Gasteiger partial charge in [-0.25, -0.2) is 0 Å². The number of fused-ring (bicyclic) bond motifs is 1. The highest BCUT2D eigenvalue weighted by Gasteiger charge is 2.35. The molecule has 1 aliphatic rings. The number of Topliss-reactive ketones (excluding diaryl/α,β-unsaturated/α-hetero) is 1. The number of carbonyl (C=O) groups excluding carboxylic acids is 3. The number of para-hydroxylation sites is 2. The van der Waals surface area contributed by atoms with E-state index in [1.807, 2.05) is 0 Å². The van der Waals surface area contributed by atoms with Gasteiger partial charge in [-0.3, -0.25) is 19.3 Å². The van der Waals surface area contributed by atoms with E-state index in [1.165, 1.54) is 7.11 Å². The van der Waals surface area contributed by atoms with E-state index in [2.05, 4.69) is 0 Å². The molecule has 3 rings (SSSR count). The van der Waals surface area contributed by atoms with E-state index in [-0.39, 0.29) is 17.9 Å². The van der Waals surface area contributed by atoms with Crippen molar-refractivity contribution in [2.45, 2.75) is 13.0 Å². The van der Waals surface area contributed by atoms with Gasteiger partial charge in [0, 0.05) is 0 Å². The zero-order chi connectivity index (χ0) is 18.0. The van der Waals surface area contributed by atoms with Gasteiger partial charge < -0.3 is 9.47 Å². The molecule has 2 aromatic carbocycles. The Labute approximate surface area is 145 Å². The third-order valence-corrected chi connectivity index (χ3v) is 3.99. The van der Waals surface area contributed by atoms with Crippen molar-refractivity contribution in [3.05, 3.63) is 59.7 Å². The van der Waals surface area contributed by atoms with Crippen LogP contribution in [0.4, 0.5) is 0 Å². The summed E-state index contributed by atoms with van der Waals surface area (Å²) < 4.78 is 10.7. The molecule has 6 nitrogen and oxygen atoms in total. The summed E-state index contributed by atoms with van der Waals surface area (Å²) in [7, 11) is 1.46. The SMILES string of the molecule is COc1ccccc1C(=O)CN1C(=O)c2ccccc2OC(C)C1=O. The van der Waals surface area contributed by atoms with E-state index in [1.54, 1.807) is 55.5 Å². The average Bonchev–Trinajstić information content (AvgIpc) is 2.72. The highest BCUT2D eigenvalue weighted by molar-refractivity contribution is 6.12. The van der Waals surface area contributed by atoms with Crippen LogP contribution in [0.5, 0.6) is 11.5 Å². The number of ketones is 1. The van der Waals surface area contributed by atoms with Crippen molar-refractivity contribution < 1.29 is 23.9 Å². The van der Waals surface area contributed by atoms with Crippen molar-refractivity contribution in [2.75, 3.05) is 13.7 Å². The average molecular weight is 339 g/mol. The molecule has 0 aliphatic carbocycles. The largest absolute Gasteiger partial charge is 0.496 e. The topological polar surface area (TPSA) is 72.9 Å². The maximum absolute atomic E-state index is 12.8. The normalized spacial score (nSPS) is 16.7. The molecule has 0 fully saturated rings. The van der Waals surface area contributed by atoms with Crippen molar-refractivity contribution in [3.8, 4) is 11.5 Å². The number of carbonyl (C=O) groups is 3. The maximum atomic E-state index is 12.8. The second kappa shape index (κ2) is 6.76. The van der Waals surface area contributed by atoms with Crippen LogP contribution >= 0.6 is 0 Å². The third kappa shape index (κ3) is 3.10. The molecule has 2 aromatic rings. The van der Waals surface area contributed by atoms with E-state index in [9.17, 15) is 14.4 Å². The minimum Gasteiger partial charge on any atom is -0.496 e. The third-order valence-electron chi connectivity index (χ3n) is 3.99. The Hall–Kier alpha value is -3.15. The molecule has 0 radical (unpaired) electrons. The van der Waals surface area contributed by atoms with Crippen LogP contribution in [0, 0.1) is 0 Å². The second-order valence-electron chi connectivity index (χ2n) is 5.61. The Kier molecular flexibility index (Phi) is 4.52. The lowest BCUT2D eigenvalue weighted by Crippen LogP contribution is -2.44. The first kappa shape index (κ1) is 16.7. The van der Waals surface area contributed by atoms with Gasteiger partial charge in [0.2, 0.25) is 0 Å². The predicted octanol–water partition coefficient (Wildman–Crippen LogP) is 2.33. The van der Waals surface area contributed by atoms with E-state index in [4.69, 9.17) is 9.47 Å². The van der Waals surface area contributed by atoms with Gasteiger partial charge in [0.15, 0.2) is 11.9 Å². The van der Waals surface area contributed by atoms with Crippen molar-refractivity contribution in [1.29, 1.82) is 0 Å². The van der Waals surface area contributed by atoms with Gasteiger partial charge in [-0.05, 0) is 31.2 Å². The van der Waals surface area contributed by atoms with Crippen LogP contribution in [0.1, 0.15) is 27.6 Å². The number of hydrogen-bond donors (Lipinski definition) is 0. The van der Waals surface area contributed by atoms with E-state index in [0.29, 0.717) is 17.1 Å². The number of nitrogens with zero attached hydrogens (tertiary/aromatic N) is 1. The Bertz CT molecular complexity index is 845. The molecular weight excluding hydrogens is 322 g/mol. The van der Waals surface area contributed by atoms with Crippen molar-refractivity contribution in [1.82, 2.24) is 4.90 Å². The summed E-state index contributed by atoms with van der Waals surface area (Å²) in [6.07, 6.45) is -0.863. The minimum absolute atomic E-state index is 0.257. The Morgan fingerprint density at radius 2 is 1.80 bits per heavy atom. The highest BCUT2D eigenvalue weighted by atomic mass is 16.5. The van der Waals surface area contributed by atoms with Crippen LogP contribution in [-0.2, 0) is 4.79 Å². The zero-order valence-corrected chi connectivity index (χ0v) is 13.9. The van der Waals surface area contributed by atoms with Crippen molar-refractivity contribution >= 4 is 17.6 Å². The summed E-state index contributed by atoms with van der Waals surface area (Å²) in [4.78, 5) is 38.9. The number of benzene rings is 2. The monoisotopic (exact) mass is 339 g/mol. The number of imide groups is 1.